The number of nitrogens with zero attached hydrogens (tertiary/aromatic N) is 3. The first-order valence-electron chi connectivity index (χ1n) is 6.29. The zero-order valence-electron chi connectivity index (χ0n) is 10.5. The first-order chi connectivity index (χ1) is 7.85. The number of hydrogen-bond acceptors (Lipinski definition) is 3. The fourth-order valence-electron chi connectivity index (χ4n) is 2.59. The lowest BCUT2D eigenvalue weighted by molar-refractivity contribution is 0.180. The summed E-state index contributed by atoms with van der Waals surface area (Å²) in [6, 6.07) is 0.595. The Morgan fingerprint density at radius 3 is 3.06 bits per heavy atom. The Kier molecular flexibility index (Phi) is 5.95. The van der Waals surface area contributed by atoms with Gasteiger partial charge in [0.25, 0.3) is 0 Å². The molecule has 1 aliphatic heterocycles. The average molecular weight is 259 g/mol. The van der Waals surface area contributed by atoms with Crippen LogP contribution in [0.5, 0.6) is 0 Å². The molecule has 2 N–H and O–H groups in total. The summed E-state index contributed by atoms with van der Waals surface area (Å²) in [5, 5.41) is 0. The Bertz CT molecular complexity index is 324. The van der Waals surface area contributed by atoms with Gasteiger partial charge in [0.1, 0.15) is 5.82 Å². The molecule has 2 heterocycles. The Morgan fingerprint density at radius 1 is 1.53 bits per heavy atom. The number of aromatic nitrogens is 2. The second-order valence-corrected chi connectivity index (χ2v) is 4.49. The first kappa shape index (κ1) is 14.5. The largest absolute Gasteiger partial charge is 0.331 e. The zero-order chi connectivity index (χ0) is 11.4. The van der Waals surface area contributed by atoms with Gasteiger partial charge in [0.15, 0.2) is 0 Å². The van der Waals surface area contributed by atoms with E-state index in [1.807, 2.05) is 6.20 Å². The molecule has 0 amide bonds. The smallest absolute Gasteiger partial charge is 0.108 e. The van der Waals surface area contributed by atoms with Gasteiger partial charge in [-0.3, -0.25) is 0 Å². The third-order valence-corrected chi connectivity index (χ3v) is 3.38. The van der Waals surface area contributed by atoms with Crippen LogP contribution in [0.1, 0.15) is 31.6 Å². The molecule has 0 spiro atoms. The predicted molar refractivity (Wildman–Crippen MR) is 72.6 cm³/mol. The van der Waals surface area contributed by atoms with Crippen molar-refractivity contribution in [3.05, 3.63) is 18.2 Å². The molecule has 5 heteroatoms. The van der Waals surface area contributed by atoms with Crippen LogP contribution in [0.3, 0.4) is 0 Å². The molecule has 1 aromatic heterocycles. The van der Waals surface area contributed by atoms with Crippen molar-refractivity contribution in [2.75, 3.05) is 26.2 Å². The van der Waals surface area contributed by atoms with Crippen LogP contribution in [-0.2, 0) is 6.42 Å². The van der Waals surface area contributed by atoms with Crippen LogP contribution >= 0.6 is 12.4 Å². The molecule has 1 fully saturated rings. The molecule has 0 saturated carbocycles. The van der Waals surface area contributed by atoms with E-state index in [1.165, 1.54) is 25.2 Å². The SMILES string of the molecule is CCc1nccn1C1CCCN(CCN)C1.Cl. The van der Waals surface area contributed by atoms with E-state index in [0.29, 0.717) is 6.04 Å². The fourth-order valence-corrected chi connectivity index (χ4v) is 2.59. The molecule has 17 heavy (non-hydrogen) atoms. The van der Waals surface area contributed by atoms with Crippen LogP contribution in [-0.4, -0.2) is 40.6 Å². The molecule has 2 rings (SSSR count). The maximum atomic E-state index is 5.62. The Morgan fingerprint density at radius 2 is 2.35 bits per heavy atom. The summed E-state index contributed by atoms with van der Waals surface area (Å²) < 4.78 is 2.35. The first-order valence-corrected chi connectivity index (χ1v) is 6.29. The second kappa shape index (κ2) is 6.99. The minimum absolute atomic E-state index is 0. The van der Waals surface area contributed by atoms with Crippen molar-refractivity contribution in [3.63, 3.8) is 0 Å². The summed E-state index contributed by atoms with van der Waals surface area (Å²) >= 11 is 0. The molecule has 0 bridgehead atoms. The van der Waals surface area contributed by atoms with Crippen LogP contribution in [0.15, 0.2) is 12.4 Å². The van der Waals surface area contributed by atoms with Crippen molar-refractivity contribution in [2.24, 2.45) is 5.73 Å². The Labute approximate surface area is 110 Å². The van der Waals surface area contributed by atoms with E-state index in [9.17, 15) is 0 Å². The summed E-state index contributed by atoms with van der Waals surface area (Å²) in [4.78, 5) is 6.87. The highest BCUT2D eigenvalue weighted by Crippen LogP contribution is 2.22. The maximum Gasteiger partial charge on any atom is 0.108 e. The van der Waals surface area contributed by atoms with E-state index < -0.39 is 0 Å². The quantitative estimate of drug-likeness (QED) is 0.890. The molecule has 1 atom stereocenters. The monoisotopic (exact) mass is 258 g/mol. The highest BCUT2D eigenvalue weighted by Gasteiger charge is 2.21. The molecule has 0 radical (unpaired) electrons. The van der Waals surface area contributed by atoms with Crippen LogP contribution in [0.25, 0.3) is 0 Å². The number of piperidine rings is 1. The molecule has 4 nitrogen and oxygen atoms in total. The maximum absolute atomic E-state index is 5.62. The molecular weight excluding hydrogens is 236 g/mol. The zero-order valence-corrected chi connectivity index (χ0v) is 11.3. The number of aryl methyl sites for hydroxylation is 1. The van der Waals surface area contributed by atoms with Gasteiger partial charge in [-0.15, -0.1) is 12.4 Å². The molecule has 0 aromatic carbocycles. The lowest BCUT2D eigenvalue weighted by Gasteiger charge is -2.33. The van der Waals surface area contributed by atoms with Crippen molar-refractivity contribution < 1.29 is 0 Å². The lowest BCUT2D eigenvalue weighted by Crippen LogP contribution is -2.39. The lowest BCUT2D eigenvalue weighted by atomic mass is 10.1. The van der Waals surface area contributed by atoms with Crippen LogP contribution in [0.4, 0.5) is 0 Å². The summed E-state index contributed by atoms with van der Waals surface area (Å²) in [6.07, 6.45) is 7.59. The van der Waals surface area contributed by atoms with Gasteiger partial charge in [0.2, 0.25) is 0 Å². The van der Waals surface area contributed by atoms with Crippen LogP contribution in [0, 0.1) is 0 Å². The topological polar surface area (TPSA) is 47.1 Å². The molecule has 1 saturated heterocycles. The predicted octanol–water partition coefficient (Wildman–Crippen LogP) is 1.46. The van der Waals surface area contributed by atoms with E-state index >= 15 is 0 Å². The van der Waals surface area contributed by atoms with Gasteiger partial charge < -0.3 is 15.2 Å². The van der Waals surface area contributed by atoms with Gasteiger partial charge in [-0.2, -0.15) is 0 Å². The highest BCUT2D eigenvalue weighted by atomic mass is 35.5. The van der Waals surface area contributed by atoms with Crippen molar-refractivity contribution in [1.82, 2.24) is 14.5 Å². The number of rotatable bonds is 4. The number of hydrogen-bond donors (Lipinski definition) is 1. The standard InChI is InChI=1S/C12H22N4.ClH/c1-2-12-14-6-9-16(12)11-4-3-7-15(10-11)8-5-13;/h6,9,11H,2-5,7-8,10,13H2,1H3;1H. The fraction of sp³-hybridized carbons (Fsp3) is 0.750. The van der Waals surface area contributed by atoms with E-state index in [0.717, 1.165) is 26.1 Å². The van der Waals surface area contributed by atoms with Gasteiger partial charge in [0, 0.05) is 44.5 Å². The summed E-state index contributed by atoms with van der Waals surface area (Å²) in [5.74, 6) is 1.21. The second-order valence-electron chi connectivity index (χ2n) is 4.49. The number of likely N-dealkylation sites (tertiary alicyclic amines) is 1. The molecule has 1 unspecified atom stereocenters. The van der Waals surface area contributed by atoms with Crippen LogP contribution in [0.2, 0.25) is 0 Å². The third kappa shape index (κ3) is 3.44. The molecule has 0 aliphatic carbocycles. The van der Waals surface area contributed by atoms with E-state index in [2.05, 4.69) is 27.6 Å². The van der Waals surface area contributed by atoms with Crippen molar-refractivity contribution in [3.8, 4) is 0 Å². The molecule has 98 valence electrons. The van der Waals surface area contributed by atoms with Gasteiger partial charge in [-0.05, 0) is 19.4 Å². The van der Waals surface area contributed by atoms with E-state index in [1.54, 1.807) is 0 Å². The highest BCUT2D eigenvalue weighted by molar-refractivity contribution is 5.85. The molecule has 1 aromatic rings. The summed E-state index contributed by atoms with van der Waals surface area (Å²) in [5.41, 5.74) is 5.62. The Balaban J connectivity index is 0.00000144. The van der Waals surface area contributed by atoms with Crippen molar-refractivity contribution in [1.29, 1.82) is 0 Å². The van der Waals surface area contributed by atoms with E-state index in [4.69, 9.17) is 5.73 Å². The van der Waals surface area contributed by atoms with Gasteiger partial charge in [-0.25, -0.2) is 4.98 Å². The number of halogens is 1. The summed E-state index contributed by atoms with van der Waals surface area (Å²) in [7, 11) is 0. The average Bonchev–Trinajstić information content (AvgIpc) is 2.78. The number of imidazole rings is 1. The van der Waals surface area contributed by atoms with Crippen LogP contribution < -0.4 is 5.73 Å². The van der Waals surface area contributed by atoms with Gasteiger partial charge in [-0.1, -0.05) is 6.92 Å². The third-order valence-electron chi connectivity index (χ3n) is 3.38. The van der Waals surface area contributed by atoms with E-state index in [-0.39, 0.29) is 12.4 Å². The van der Waals surface area contributed by atoms with Gasteiger partial charge in [0.05, 0.1) is 0 Å². The molecule has 1 aliphatic rings. The number of nitrogens with two attached hydrogens (primary N) is 1. The summed E-state index contributed by atoms with van der Waals surface area (Å²) in [6.45, 7) is 6.27. The normalized spacial score (nSPS) is 21.2. The Hall–Kier alpha value is -0.580. The minimum atomic E-state index is 0. The van der Waals surface area contributed by atoms with Crippen molar-refractivity contribution in [2.45, 2.75) is 32.2 Å². The van der Waals surface area contributed by atoms with Crippen molar-refractivity contribution >= 4 is 12.4 Å². The molecular formula is C12H23ClN4. The van der Waals surface area contributed by atoms with Gasteiger partial charge >= 0.3 is 0 Å². The minimum Gasteiger partial charge on any atom is -0.331 e.